The number of carboxylic acid groups (broad SMARTS) is 3. The van der Waals surface area contributed by atoms with Gasteiger partial charge < -0.3 is 35.0 Å². The minimum Gasteiger partial charge on any atom is -0.508 e. The van der Waals surface area contributed by atoms with Crippen molar-refractivity contribution in [2.45, 2.75) is 12.1 Å². The average Bonchev–Trinajstić information content (AvgIpc) is 2.83. The molecule has 0 aliphatic heterocycles. The van der Waals surface area contributed by atoms with Gasteiger partial charge in [-0.2, -0.15) is 0 Å². The monoisotopic (exact) mass is 646 g/mol. The smallest absolute Gasteiger partial charge is 0.325 e. The van der Waals surface area contributed by atoms with Crippen molar-refractivity contribution in [1.82, 2.24) is 9.80 Å². The van der Waals surface area contributed by atoms with Gasteiger partial charge in [0.25, 0.3) is 0 Å². The Kier molecular flexibility index (Phi) is 11.1. The molecule has 5 N–H and O–H groups in total. The standard InChI is InChI=1S/C24H27IN2O11/c1-37-13-3-5-17(28)15(9-13)21(23(33)34)26(11-19(25)30)7-8-27(12-20(31)32)22(24(35)36)16-10-14(38-2)4-6-18(16)29/h3-6,9-10,21-22,28-29H,7-8,11-12H2,1-2H3,(H,31,32)(H,33,34)(H,35,36). The summed E-state index contributed by atoms with van der Waals surface area (Å²) in [6.45, 7) is -1.86. The molecule has 38 heavy (non-hydrogen) atoms. The third-order valence-electron chi connectivity index (χ3n) is 5.60. The highest BCUT2D eigenvalue weighted by molar-refractivity contribution is 14.1. The molecular formula is C24H27IN2O11. The van der Waals surface area contributed by atoms with Crippen molar-refractivity contribution >= 4 is 44.3 Å². The number of hydrogen-bond donors (Lipinski definition) is 5. The molecule has 2 rings (SSSR count). The normalized spacial score (nSPS) is 12.7. The van der Waals surface area contributed by atoms with Gasteiger partial charge in [0.15, 0.2) is 0 Å². The number of aliphatic carboxylic acids is 3. The number of carbonyl (C=O) groups is 4. The van der Waals surface area contributed by atoms with Gasteiger partial charge in [-0.3, -0.25) is 29.0 Å². The first-order valence-electron chi connectivity index (χ1n) is 11.0. The summed E-state index contributed by atoms with van der Waals surface area (Å²) in [6, 6.07) is 4.57. The SMILES string of the molecule is COc1ccc(O)c(C(C(=O)O)N(CCN(CC(=O)I)C(C(=O)O)c2cc(OC)ccc2O)CC(=O)O)c1. The van der Waals surface area contributed by atoms with Crippen LogP contribution in [0.25, 0.3) is 0 Å². The molecule has 2 aromatic rings. The third kappa shape index (κ3) is 7.93. The quantitative estimate of drug-likeness (QED) is 0.139. The molecule has 0 saturated heterocycles. The van der Waals surface area contributed by atoms with Crippen LogP contribution < -0.4 is 9.47 Å². The summed E-state index contributed by atoms with van der Waals surface area (Å²) < 4.78 is 9.75. The van der Waals surface area contributed by atoms with Crippen LogP contribution in [0.5, 0.6) is 23.0 Å². The van der Waals surface area contributed by atoms with E-state index in [1.807, 2.05) is 0 Å². The Balaban J connectivity index is 2.52. The van der Waals surface area contributed by atoms with E-state index in [2.05, 4.69) is 0 Å². The molecule has 0 fully saturated rings. The molecule has 14 heteroatoms. The van der Waals surface area contributed by atoms with Crippen molar-refractivity contribution in [2.75, 3.05) is 40.4 Å². The lowest BCUT2D eigenvalue weighted by Gasteiger charge is -2.33. The Morgan fingerprint density at radius 2 is 1.16 bits per heavy atom. The summed E-state index contributed by atoms with van der Waals surface area (Å²) in [4.78, 5) is 50.5. The number of ether oxygens (including phenoxy) is 2. The summed E-state index contributed by atoms with van der Waals surface area (Å²) in [5, 5.41) is 50.2. The summed E-state index contributed by atoms with van der Waals surface area (Å²) in [5.41, 5.74) is -0.227. The molecule has 0 aromatic heterocycles. The number of carbonyl (C=O) groups excluding carboxylic acids is 1. The highest BCUT2D eigenvalue weighted by Crippen LogP contribution is 2.34. The average molecular weight is 646 g/mol. The summed E-state index contributed by atoms with van der Waals surface area (Å²) >= 11 is 1.47. The molecule has 0 aliphatic rings. The molecule has 0 spiro atoms. The molecule has 13 nitrogen and oxygen atoms in total. The number of nitrogens with zero attached hydrogens (tertiary/aromatic N) is 2. The molecule has 0 bridgehead atoms. The maximum absolute atomic E-state index is 12.3. The van der Waals surface area contributed by atoms with E-state index >= 15 is 0 Å². The van der Waals surface area contributed by atoms with Crippen molar-refractivity contribution in [3.05, 3.63) is 47.5 Å². The van der Waals surface area contributed by atoms with Crippen molar-refractivity contribution < 1.29 is 54.2 Å². The zero-order valence-electron chi connectivity index (χ0n) is 20.4. The number of methoxy groups -OCH3 is 2. The first-order chi connectivity index (χ1) is 17.9. The highest BCUT2D eigenvalue weighted by atomic mass is 127. The molecule has 0 saturated carbocycles. The lowest BCUT2D eigenvalue weighted by atomic mass is 10.0. The van der Waals surface area contributed by atoms with E-state index < -0.39 is 52.6 Å². The van der Waals surface area contributed by atoms with Crippen molar-refractivity contribution in [3.8, 4) is 23.0 Å². The van der Waals surface area contributed by atoms with Crippen LogP contribution in [-0.2, 0) is 19.2 Å². The molecule has 2 atom stereocenters. The lowest BCUT2D eigenvalue weighted by Crippen LogP contribution is -2.45. The summed E-state index contributed by atoms with van der Waals surface area (Å²) in [7, 11) is 2.68. The fourth-order valence-electron chi connectivity index (χ4n) is 3.92. The van der Waals surface area contributed by atoms with Crippen molar-refractivity contribution in [1.29, 1.82) is 0 Å². The molecule has 206 valence electrons. The topological polar surface area (TPSA) is 194 Å². The Labute approximate surface area is 230 Å². The zero-order chi connectivity index (χ0) is 28.6. The number of halogens is 1. The van der Waals surface area contributed by atoms with E-state index in [0.717, 1.165) is 4.90 Å². The Morgan fingerprint density at radius 1 is 0.763 bits per heavy atom. The Hall–Kier alpha value is -3.63. The van der Waals surface area contributed by atoms with E-state index in [0.29, 0.717) is 0 Å². The first-order valence-corrected chi connectivity index (χ1v) is 12.0. The largest absolute Gasteiger partial charge is 0.508 e. The molecule has 0 heterocycles. The molecule has 0 radical (unpaired) electrons. The molecule has 0 aliphatic carbocycles. The second-order valence-corrected chi connectivity index (χ2v) is 9.22. The van der Waals surface area contributed by atoms with Gasteiger partial charge in [0, 0.05) is 46.8 Å². The number of aromatic hydroxyl groups is 2. The van der Waals surface area contributed by atoms with E-state index in [1.165, 1.54) is 78.1 Å². The van der Waals surface area contributed by atoms with Crippen LogP contribution >= 0.6 is 22.6 Å². The van der Waals surface area contributed by atoms with Gasteiger partial charge in [-0.05, 0) is 36.4 Å². The fourth-order valence-corrected chi connectivity index (χ4v) is 4.36. The van der Waals surface area contributed by atoms with E-state index in [-0.39, 0.29) is 41.5 Å². The molecule has 2 aromatic carbocycles. The number of carboxylic acids is 3. The number of benzene rings is 2. The molecule has 2 unspecified atom stereocenters. The van der Waals surface area contributed by atoms with Gasteiger partial charge in [-0.15, -0.1) is 0 Å². The van der Waals surface area contributed by atoms with Crippen LogP contribution in [0, 0.1) is 0 Å². The number of phenolic OH excluding ortho intramolecular Hbond substituents is 2. The molecule has 0 amide bonds. The predicted molar refractivity (Wildman–Crippen MR) is 140 cm³/mol. The van der Waals surface area contributed by atoms with Gasteiger partial charge >= 0.3 is 17.9 Å². The van der Waals surface area contributed by atoms with E-state index in [4.69, 9.17) is 9.47 Å². The van der Waals surface area contributed by atoms with Gasteiger partial charge in [-0.1, -0.05) is 0 Å². The van der Waals surface area contributed by atoms with Crippen LogP contribution in [0.3, 0.4) is 0 Å². The fraction of sp³-hybridized carbons (Fsp3) is 0.333. The van der Waals surface area contributed by atoms with Crippen molar-refractivity contribution in [3.63, 3.8) is 0 Å². The van der Waals surface area contributed by atoms with Crippen LogP contribution in [-0.4, -0.2) is 97.4 Å². The molecular weight excluding hydrogens is 619 g/mol. The third-order valence-corrected chi connectivity index (χ3v) is 5.94. The van der Waals surface area contributed by atoms with Gasteiger partial charge in [0.1, 0.15) is 35.1 Å². The van der Waals surface area contributed by atoms with E-state index in [9.17, 15) is 44.7 Å². The van der Waals surface area contributed by atoms with Gasteiger partial charge in [-0.25, -0.2) is 0 Å². The maximum atomic E-state index is 12.3. The van der Waals surface area contributed by atoms with E-state index in [1.54, 1.807) is 0 Å². The minimum absolute atomic E-state index is 0.0838. The summed E-state index contributed by atoms with van der Waals surface area (Å²) in [6.07, 6.45) is 0. The van der Waals surface area contributed by atoms with Crippen molar-refractivity contribution in [2.24, 2.45) is 0 Å². The van der Waals surface area contributed by atoms with Crippen LogP contribution in [0.4, 0.5) is 0 Å². The van der Waals surface area contributed by atoms with Gasteiger partial charge in [0.05, 0.1) is 27.3 Å². The number of rotatable bonds is 15. The van der Waals surface area contributed by atoms with Gasteiger partial charge in [0.2, 0.25) is 3.79 Å². The predicted octanol–water partition coefficient (Wildman–Crippen LogP) is 1.72. The maximum Gasteiger partial charge on any atom is 0.325 e. The Bertz CT molecular complexity index is 1100. The lowest BCUT2D eigenvalue weighted by molar-refractivity contribution is -0.149. The minimum atomic E-state index is -1.66. The first kappa shape index (κ1) is 30.6. The summed E-state index contributed by atoms with van der Waals surface area (Å²) in [5.74, 6) is -4.61. The van der Waals surface area contributed by atoms with Crippen LogP contribution in [0.2, 0.25) is 0 Å². The highest BCUT2D eigenvalue weighted by Gasteiger charge is 2.35. The second-order valence-electron chi connectivity index (χ2n) is 8.02. The number of phenols is 2. The van der Waals surface area contributed by atoms with Crippen LogP contribution in [0.1, 0.15) is 23.2 Å². The van der Waals surface area contributed by atoms with Crippen LogP contribution in [0.15, 0.2) is 36.4 Å². The number of hydrogen-bond acceptors (Lipinski definition) is 10. The zero-order valence-corrected chi connectivity index (χ0v) is 22.6. The Morgan fingerprint density at radius 3 is 1.47 bits per heavy atom. The second kappa shape index (κ2) is 13.8.